The first-order valence-corrected chi connectivity index (χ1v) is 6.19. The fourth-order valence-corrected chi connectivity index (χ4v) is 1.36. The minimum absolute atomic E-state index is 0.698. The first-order chi connectivity index (χ1) is 8.36. The molecule has 0 aliphatic heterocycles. The van der Waals surface area contributed by atoms with Gasteiger partial charge in [0.25, 0.3) is 0 Å². The Labute approximate surface area is 103 Å². The van der Waals surface area contributed by atoms with Crippen LogP contribution in [0.5, 0.6) is 0 Å². The summed E-state index contributed by atoms with van der Waals surface area (Å²) < 4.78 is 7.22. The van der Waals surface area contributed by atoms with Crippen LogP contribution >= 0.6 is 0 Å². The van der Waals surface area contributed by atoms with Gasteiger partial charge in [0.1, 0.15) is 0 Å². The molecule has 0 atom stereocenters. The Morgan fingerprint density at radius 1 is 1.35 bits per heavy atom. The standard InChI is InChI=1S/C11H23N5O/c1-3-7-17-8-6-16-10-11(14-15-16)9-13-5-4-12-2/h10,12-13H,3-9H2,1-2H3. The quantitative estimate of drug-likeness (QED) is 0.565. The van der Waals surface area contributed by atoms with E-state index in [4.69, 9.17) is 4.74 Å². The summed E-state index contributed by atoms with van der Waals surface area (Å²) in [6.45, 7) is 7.03. The molecule has 0 aliphatic rings. The number of nitrogens with one attached hydrogen (secondary N) is 2. The molecule has 0 bridgehead atoms. The van der Waals surface area contributed by atoms with Crippen LogP contribution in [-0.2, 0) is 17.8 Å². The molecule has 1 aromatic rings. The maximum atomic E-state index is 5.40. The third-order valence-electron chi connectivity index (χ3n) is 2.26. The average molecular weight is 241 g/mol. The molecule has 0 radical (unpaired) electrons. The lowest BCUT2D eigenvalue weighted by Crippen LogP contribution is -2.24. The highest BCUT2D eigenvalue weighted by atomic mass is 16.5. The van der Waals surface area contributed by atoms with E-state index in [1.54, 1.807) is 0 Å². The van der Waals surface area contributed by atoms with Crippen LogP contribution in [0.15, 0.2) is 6.20 Å². The Kier molecular flexibility index (Phi) is 7.53. The molecule has 0 saturated carbocycles. The van der Waals surface area contributed by atoms with E-state index in [2.05, 4.69) is 27.9 Å². The Hall–Kier alpha value is -0.980. The minimum Gasteiger partial charge on any atom is -0.380 e. The molecule has 1 rings (SSSR count). The Morgan fingerprint density at radius 3 is 3.00 bits per heavy atom. The van der Waals surface area contributed by atoms with Crippen LogP contribution in [0.25, 0.3) is 0 Å². The van der Waals surface area contributed by atoms with Gasteiger partial charge in [-0.25, -0.2) is 4.68 Å². The topological polar surface area (TPSA) is 64.0 Å². The molecule has 0 fully saturated rings. The van der Waals surface area contributed by atoms with Crippen molar-refractivity contribution < 1.29 is 4.74 Å². The molecule has 0 unspecified atom stereocenters. The van der Waals surface area contributed by atoms with Crippen molar-refractivity contribution in [2.45, 2.75) is 26.4 Å². The maximum absolute atomic E-state index is 5.40. The van der Waals surface area contributed by atoms with E-state index in [9.17, 15) is 0 Å². The second-order valence-corrected chi connectivity index (χ2v) is 3.87. The molecule has 0 aliphatic carbocycles. The van der Waals surface area contributed by atoms with Crippen molar-refractivity contribution in [2.75, 3.05) is 33.4 Å². The molecule has 0 amide bonds. The second-order valence-electron chi connectivity index (χ2n) is 3.87. The van der Waals surface area contributed by atoms with Crippen LogP contribution in [0.4, 0.5) is 0 Å². The number of ether oxygens (including phenoxy) is 1. The van der Waals surface area contributed by atoms with E-state index in [0.717, 1.165) is 44.9 Å². The summed E-state index contributed by atoms with van der Waals surface area (Å²) >= 11 is 0. The van der Waals surface area contributed by atoms with Gasteiger partial charge in [-0.15, -0.1) is 5.10 Å². The summed E-state index contributed by atoms with van der Waals surface area (Å²) in [6.07, 6.45) is 3.01. The van der Waals surface area contributed by atoms with Crippen molar-refractivity contribution in [1.82, 2.24) is 25.6 Å². The molecular formula is C11H23N5O. The number of hydrogen-bond donors (Lipinski definition) is 2. The molecule has 17 heavy (non-hydrogen) atoms. The van der Waals surface area contributed by atoms with Crippen LogP contribution in [0.3, 0.4) is 0 Å². The molecule has 0 spiro atoms. The van der Waals surface area contributed by atoms with Gasteiger partial charge in [-0.3, -0.25) is 0 Å². The van der Waals surface area contributed by atoms with Gasteiger partial charge in [0.15, 0.2) is 0 Å². The molecule has 6 heteroatoms. The third-order valence-corrected chi connectivity index (χ3v) is 2.26. The lowest BCUT2D eigenvalue weighted by Gasteiger charge is -2.01. The highest BCUT2D eigenvalue weighted by Gasteiger charge is 1.99. The molecule has 2 N–H and O–H groups in total. The summed E-state index contributed by atoms with van der Waals surface area (Å²) in [4.78, 5) is 0. The highest BCUT2D eigenvalue weighted by Crippen LogP contribution is 1.93. The van der Waals surface area contributed by atoms with E-state index in [1.807, 2.05) is 17.9 Å². The van der Waals surface area contributed by atoms with Gasteiger partial charge in [-0.1, -0.05) is 12.1 Å². The van der Waals surface area contributed by atoms with Gasteiger partial charge in [-0.2, -0.15) is 0 Å². The normalized spacial score (nSPS) is 10.9. The van der Waals surface area contributed by atoms with Crippen molar-refractivity contribution in [3.05, 3.63) is 11.9 Å². The number of aromatic nitrogens is 3. The van der Waals surface area contributed by atoms with Crippen LogP contribution in [0, 0.1) is 0 Å². The molecule has 0 saturated heterocycles. The summed E-state index contributed by atoms with van der Waals surface area (Å²) in [5.41, 5.74) is 0.969. The van der Waals surface area contributed by atoms with Crippen LogP contribution in [0.1, 0.15) is 19.0 Å². The number of hydrogen-bond acceptors (Lipinski definition) is 5. The van der Waals surface area contributed by atoms with Crippen LogP contribution in [0.2, 0.25) is 0 Å². The van der Waals surface area contributed by atoms with Gasteiger partial charge in [0.05, 0.1) is 18.8 Å². The largest absolute Gasteiger partial charge is 0.380 e. The number of rotatable bonds is 10. The summed E-state index contributed by atoms with van der Waals surface area (Å²) in [5.74, 6) is 0. The average Bonchev–Trinajstić information content (AvgIpc) is 2.78. The van der Waals surface area contributed by atoms with Crippen molar-refractivity contribution in [3.63, 3.8) is 0 Å². The molecular weight excluding hydrogens is 218 g/mol. The van der Waals surface area contributed by atoms with Gasteiger partial charge in [-0.05, 0) is 13.5 Å². The van der Waals surface area contributed by atoms with E-state index in [0.29, 0.717) is 6.61 Å². The lowest BCUT2D eigenvalue weighted by atomic mass is 10.4. The zero-order valence-corrected chi connectivity index (χ0v) is 10.8. The van der Waals surface area contributed by atoms with Crippen molar-refractivity contribution in [1.29, 1.82) is 0 Å². The van der Waals surface area contributed by atoms with Gasteiger partial charge in [0, 0.05) is 32.4 Å². The maximum Gasteiger partial charge on any atom is 0.0964 e. The van der Waals surface area contributed by atoms with E-state index < -0.39 is 0 Å². The Bertz CT molecular complexity index is 263. The lowest BCUT2D eigenvalue weighted by molar-refractivity contribution is 0.124. The van der Waals surface area contributed by atoms with Gasteiger partial charge >= 0.3 is 0 Å². The SMILES string of the molecule is CCCOCCn1cc(CNCCNC)nn1. The van der Waals surface area contributed by atoms with Crippen LogP contribution < -0.4 is 10.6 Å². The van der Waals surface area contributed by atoms with E-state index >= 15 is 0 Å². The van der Waals surface area contributed by atoms with Gasteiger partial charge in [0.2, 0.25) is 0 Å². The minimum atomic E-state index is 0.698. The second kappa shape index (κ2) is 9.09. The summed E-state index contributed by atoms with van der Waals surface area (Å²) in [5, 5.41) is 14.5. The highest BCUT2D eigenvalue weighted by molar-refractivity contribution is 4.91. The Balaban J connectivity index is 2.14. The predicted molar refractivity (Wildman–Crippen MR) is 66.8 cm³/mol. The monoisotopic (exact) mass is 241 g/mol. The van der Waals surface area contributed by atoms with Crippen molar-refractivity contribution in [2.24, 2.45) is 0 Å². The van der Waals surface area contributed by atoms with E-state index in [1.165, 1.54) is 0 Å². The first-order valence-electron chi connectivity index (χ1n) is 6.19. The van der Waals surface area contributed by atoms with Crippen molar-refractivity contribution in [3.8, 4) is 0 Å². The Morgan fingerprint density at radius 2 is 2.24 bits per heavy atom. The molecule has 6 nitrogen and oxygen atoms in total. The molecule has 98 valence electrons. The molecule has 1 aromatic heterocycles. The van der Waals surface area contributed by atoms with E-state index in [-0.39, 0.29) is 0 Å². The van der Waals surface area contributed by atoms with Crippen LogP contribution in [-0.4, -0.2) is 48.3 Å². The van der Waals surface area contributed by atoms with Crippen molar-refractivity contribution >= 4 is 0 Å². The number of nitrogens with zero attached hydrogens (tertiary/aromatic N) is 3. The zero-order valence-electron chi connectivity index (χ0n) is 10.8. The zero-order chi connectivity index (χ0) is 12.3. The summed E-state index contributed by atoms with van der Waals surface area (Å²) in [6, 6.07) is 0. The molecule has 1 heterocycles. The van der Waals surface area contributed by atoms with Gasteiger partial charge < -0.3 is 15.4 Å². The summed E-state index contributed by atoms with van der Waals surface area (Å²) in [7, 11) is 1.94. The first kappa shape index (κ1) is 14.1. The fraction of sp³-hybridized carbons (Fsp3) is 0.818. The number of likely N-dealkylation sites (N-methyl/N-ethyl adjacent to an activating group) is 1. The fourth-order valence-electron chi connectivity index (χ4n) is 1.36. The predicted octanol–water partition coefficient (Wildman–Crippen LogP) is 0.0137. The smallest absolute Gasteiger partial charge is 0.0964 e. The molecule has 0 aromatic carbocycles. The third kappa shape index (κ3) is 6.35.